The van der Waals surface area contributed by atoms with E-state index < -0.39 is 5.97 Å². The van der Waals surface area contributed by atoms with Crippen molar-refractivity contribution >= 4 is 52.2 Å². The number of allylic oxidation sites excluding steroid dienone is 1. The van der Waals surface area contributed by atoms with Gasteiger partial charge in [0.05, 0.1) is 29.0 Å². The second kappa shape index (κ2) is 8.36. The van der Waals surface area contributed by atoms with Gasteiger partial charge in [-0.15, -0.1) is 11.3 Å². The lowest BCUT2D eigenvalue weighted by Gasteiger charge is -2.01. The van der Waals surface area contributed by atoms with Crippen LogP contribution in [0.25, 0.3) is 22.9 Å². The van der Waals surface area contributed by atoms with Gasteiger partial charge >= 0.3 is 5.97 Å². The highest BCUT2D eigenvalue weighted by molar-refractivity contribution is 7.11. The minimum Gasteiger partial charge on any atom is -0.465 e. The number of rotatable bonds is 4. The molecule has 0 saturated heterocycles. The third kappa shape index (κ3) is 4.37. The van der Waals surface area contributed by atoms with Gasteiger partial charge in [0.2, 0.25) is 0 Å². The number of halogens is 2. The van der Waals surface area contributed by atoms with E-state index in [1.807, 2.05) is 5.38 Å². The maximum atomic E-state index is 11.5. The molecule has 0 aliphatic heterocycles. The molecule has 0 atom stereocenters. The summed E-state index contributed by atoms with van der Waals surface area (Å²) in [4.78, 5) is 16.0. The summed E-state index contributed by atoms with van der Waals surface area (Å²) in [5, 5.41) is 13.0. The van der Waals surface area contributed by atoms with E-state index in [0.29, 0.717) is 31.9 Å². The maximum Gasteiger partial charge on any atom is 0.337 e. The lowest BCUT2D eigenvalue weighted by atomic mass is 10.1. The molecule has 134 valence electrons. The number of hydrogen-bond acceptors (Lipinski definition) is 5. The number of nitrogens with zero attached hydrogens (tertiary/aromatic N) is 2. The van der Waals surface area contributed by atoms with Gasteiger partial charge in [0.1, 0.15) is 11.1 Å². The zero-order valence-electron chi connectivity index (χ0n) is 14.1. The second-order valence-corrected chi connectivity index (χ2v) is 7.15. The summed E-state index contributed by atoms with van der Waals surface area (Å²) in [6.45, 7) is 0. The van der Waals surface area contributed by atoms with Crippen LogP contribution in [0.15, 0.2) is 47.8 Å². The molecule has 1 aromatic heterocycles. The van der Waals surface area contributed by atoms with Gasteiger partial charge in [0.15, 0.2) is 0 Å². The predicted molar refractivity (Wildman–Crippen MR) is 109 cm³/mol. The third-order valence-corrected chi connectivity index (χ3v) is 5.13. The smallest absolute Gasteiger partial charge is 0.337 e. The van der Waals surface area contributed by atoms with Crippen molar-refractivity contribution in [3.05, 3.63) is 74.0 Å². The quantitative estimate of drug-likeness (QED) is 0.389. The average Bonchev–Trinajstić information content (AvgIpc) is 3.15. The summed E-state index contributed by atoms with van der Waals surface area (Å²) in [5.74, 6) is -0.407. The normalized spacial score (nSPS) is 11.1. The molecular weight excluding hydrogens is 403 g/mol. The summed E-state index contributed by atoms with van der Waals surface area (Å²) in [5.41, 5.74) is 3.08. The molecule has 0 radical (unpaired) electrons. The molecule has 0 N–H and O–H groups in total. The van der Waals surface area contributed by atoms with E-state index >= 15 is 0 Å². The molecule has 0 aliphatic rings. The third-order valence-electron chi connectivity index (χ3n) is 3.70. The largest absolute Gasteiger partial charge is 0.465 e. The molecule has 3 aromatic rings. The molecule has 1 heterocycles. The molecule has 4 nitrogen and oxygen atoms in total. The van der Waals surface area contributed by atoms with Crippen molar-refractivity contribution in [2.24, 2.45) is 0 Å². The Labute approximate surface area is 170 Å². The Morgan fingerprint density at radius 3 is 2.59 bits per heavy atom. The average molecular weight is 415 g/mol. The maximum absolute atomic E-state index is 11.5. The second-order valence-electron chi connectivity index (χ2n) is 5.45. The van der Waals surface area contributed by atoms with Crippen LogP contribution in [0.1, 0.15) is 20.9 Å². The van der Waals surface area contributed by atoms with Crippen molar-refractivity contribution in [2.45, 2.75) is 0 Å². The SMILES string of the molecule is COC(=O)c1ccc(C=C(C#N)c2nc(-c3ccc(Cl)cc3Cl)cs2)cc1. The van der Waals surface area contributed by atoms with Crippen LogP contribution in [-0.2, 0) is 4.74 Å². The monoisotopic (exact) mass is 414 g/mol. The first-order valence-corrected chi connectivity index (χ1v) is 9.37. The van der Waals surface area contributed by atoms with Gasteiger partial charge in [0.25, 0.3) is 0 Å². The highest BCUT2D eigenvalue weighted by Gasteiger charge is 2.12. The Bertz CT molecular complexity index is 1070. The number of esters is 1. The number of ether oxygens (including phenoxy) is 1. The predicted octanol–water partition coefficient (Wildman–Crippen LogP) is 5.97. The van der Waals surface area contributed by atoms with Gasteiger partial charge in [-0.1, -0.05) is 35.3 Å². The van der Waals surface area contributed by atoms with E-state index in [9.17, 15) is 10.1 Å². The number of aromatic nitrogens is 1. The topological polar surface area (TPSA) is 63.0 Å². The Morgan fingerprint density at radius 2 is 1.96 bits per heavy atom. The molecule has 0 spiro atoms. The van der Waals surface area contributed by atoms with Crippen LogP contribution in [0.3, 0.4) is 0 Å². The minimum absolute atomic E-state index is 0.407. The van der Waals surface area contributed by atoms with Crippen molar-refractivity contribution in [1.82, 2.24) is 4.98 Å². The van der Waals surface area contributed by atoms with Crippen LogP contribution >= 0.6 is 34.5 Å². The lowest BCUT2D eigenvalue weighted by Crippen LogP contribution is -2.00. The van der Waals surface area contributed by atoms with Gasteiger partial charge in [-0.3, -0.25) is 0 Å². The first-order chi connectivity index (χ1) is 13.0. The number of methoxy groups -OCH3 is 1. The van der Waals surface area contributed by atoms with E-state index in [4.69, 9.17) is 23.2 Å². The molecule has 0 unspecified atom stereocenters. The van der Waals surface area contributed by atoms with Crippen molar-refractivity contribution in [3.63, 3.8) is 0 Å². The first kappa shape index (κ1) is 19.1. The molecule has 0 amide bonds. The van der Waals surface area contributed by atoms with Crippen molar-refractivity contribution in [2.75, 3.05) is 7.11 Å². The summed E-state index contributed by atoms with van der Waals surface area (Å²) in [7, 11) is 1.33. The van der Waals surface area contributed by atoms with Crippen molar-refractivity contribution in [1.29, 1.82) is 5.26 Å². The summed E-state index contributed by atoms with van der Waals surface area (Å²) in [6, 6.07) is 14.1. The first-order valence-electron chi connectivity index (χ1n) is 7.73. The van der Waals surface area contributed by atoms with Crippen LogP contribution in [-0.4, -0.2) is 18.1 Å². The van der Waals surface area contributed by atoms with Gasteiger partial charge in [0, 0.05) is 16.0 Å². The zero-order valence-corrected chi connectivity index (χ0v) is 16.4. The molecule has 3 rings (SSSR count). The fraction of sp³-hybridized carbons (Fsp3) is 0.0500. The van der Waals surface area contributed by atoms with Crippen LogP contribution in [0.4, 0.5) is 0 Å². The molecule has 0 bridgehead atoms. The number of carbonyl (C=O) groups is 1. The molecule has 0 aliphatic carbocycles. The summed E-state index contributed by atoms with van der Waals surface area (Å²) < 4.78 is 4.68. The molecule has 7 heteroatoms. The Morgan fingerprint density at radius 1 is 1.22 bits per heavy atom. The Hall–Kier alpha value is -2.65. The molecule has 2 aromatic carbocycles. The summed E-state index contributed by atoms with van der Waals surface area (Å²) in [6.07, 6.45) is 1.72. The van der Waals surface area contributed by atoms with Crippen LogP contribution < -0.4 is 0 Å². The molecule has 0 fully saturated rings. The van der Waals surface area contributed by atoms with E-state index in [-0.39, 0.29) is 0 Å². The van der Waals surface area contributed by atoms with Gasteiger partial charge in [-0.25, -0.2) is 9.78 Å². The number of nitriles is 1. The number of carbonyl (C=O) groups excluding carboxylic acids is 1. The highest BCUT2D eigenvalue weighted by atomic mass is 35.5. The lowest BCUT2D eigenvalue weighted by molar-refractivity contribution is 0.0600. The minimum atomic E-state index is -0.407. The van der Waals surface area contributed by atoms with Crippen LogP contribution in [0.5, 0.6) is 0 Å². The van der Waals surface area contributed by atoms with E-state index in [2.05, 4.69) is 15.8 Å². The zero-order chi connectivity index (χ0) is 19.4. The standard InChI is InChI=1S/C20H12Cl2N2O2S/c1-26-20(25)13-4-2-12(3-5-13)8-14(10-23)19-24-18(11-27-19)16-7-6-15(21)9-17(16)22/h2-9,11H,1H3. The Balaban J connectivity index is 1.90. The fourth-order valence-electron chi connectivity index (χ4n) is 2.36. The number of benzene rings is 2. The van der Waals surface area contributed by atoms with Crippen molar-refractivity contribution in [3.8, 4) is 17.3 Å². The van der Waals surface area contributed by atoms with E-state index in [1.54, 1.807) is 48.5 Å². The molecule has 27 heavy (non-hydrogen) atoms. The van der Waals surface area contributed by atoms with Gasteiger partial charge < -0.3 is 4.74 Å². The van der Waals surface area contributed by atoms with E-state index in [0.717, 1.165) is 11.1 Å². The van der Waals surface area contributed by atoms with Gasteiger partial charge in [-0.2, -0.15) is 5.26 Å². The fourth-order valence-corrected chi connectivity index (χ4v) is 3.65. The van der Waals surface area contributed by atoms with Crippen LogP contribution in [0.2, 0.25) is 10.0 Å². The molecule has 0 saturated carbocycles. The van der Waals surface area contributed by atoms with Crippen molar-refractivity contribution < 1.29 is 9.53 Å². The van der Waals surface area contributed by atoms with E-state index in [1.165, 1.54) is 18.4 Å². The Kier molecular flexibility index (Phi) is 5.92. The summed E-state index contributed by atoms with van der Waals surface area (Å²) >= 11 is 13.5. The van der Waals surface area contributed by atoms with Crippen LogP contribution in [0, 0.1) is 11.3 Å². The number of thiazole rings is 1. The molecular formula is C20H12Cl2N2O2S. The number of hydrogen-bond donors (Lipinski definition) is 0. The van der Waals surface area contributed by atoms with Gasteiger partial charge in [-0.05, 0) is 42.0 Å². The highest BCUT2D eigenvalue weighted by Crippen LogP contribution is 2.33.